The number of anilines is 3. The Bertz CT molecular complexity index is 960. The van der Waals surface area contributed by atoms with E-state index in [0.717, 1.165) is 35.9 Å². The second kappa shape index (κ2) is 8.79. The lowest BCUT2D eigenvalue weighted by atomic mass is 10.1. The molecule has 4 rings (SSSR count). The number of rotatable bonds is 6. The van der Waals surface area contributed by atoms with Crippen molar-refractivity contribution in [1.29, 1.82) is 0 Å². The Morgan fingerprint density at radius 1 is 0.897 bits per heavy atom. The Labute approximate surface area is 170 Å². The van der Waals surface area contributed by atoms with Crippen LogP contribution in [0, 0.1) is 0 Å². The van der Waals surface area contributed by atoms with E-state index in [1.807, 2.05) is 54.6 Å². The summed E-state index contributed by atoms with van der Waals surface area (Å²) in [5.41, 5.74) is 2.70. The first-order chi connectivity index (χ1) is 14.3. The molecule has 1 aliphatic heterocycles. The van der Waals surface area contributed by atoms with Gasteiger partial charge >= 0.3 is 0 Å². The lowest BCUT2D eigenvalue weighted by Crippen LogP contribution is -2.37. The first-order valence-electron chi connectivity index (χ1n) is 9.53. The molecule has 2 aromatic carbocycles. The molecule has 1 N–H and O–H groups in total. The molecule has 7 nitrogen and oxygen atoms in total. The average molecular weight is 392 g/mol. The quantitative estimate of drug-likeness (QED) is 0.685. The van der Waals surface area contributed by atoms with Crippen molar-refractivity contribution in [3.63, 3.8) is 0 Å². The van der Waals surface area contributed by atoms with Crippen molar-refractivity contribution in [3.05, 3.63) is 54.6 Å². The van der Waals surface area contributed by atoms with Gasteiger partial charge in [0.1, 0.15) is 5.82 Å². The van der Waals surface area contributed by atoms with E-state index in [-0.39, 0.29) is 0 Å². The van der Waals surface area contributed by atoms with Gasteiger partial charge in [-0.3, -0.25) is 0 Å². The van der Waals surface area contributed by atoms with E-state index in [1.165, 1.54) is 0 Å². The van der Waals surface area contributed by atoms with Gasteiger partial charge in [0.05, 0.1) is 33.1 Å². The van der Waals surface area contributed by atoms with E-state index in [0.29, 0.717) is 30.7 Å². The minimum atomic E-state index is 0.661. The highest BCUT2D eigenvalue weighted by molar-refractivity contribution is 5.69. The Kier molecular flexibility index (Phi) is 5.76. The van der Waals surface area contributed by atoms with E-state index < -0.39 is 0 Å². The van der Waals surface area contributed by atoms with Gasteiger partial charge < -0.3 is 24.4 Å². The second-order valence-corrected chi connectivity index (χ2v) is 6.60. The first kappa shape index (κ1) is 19.0. The zero-order chi connectivity index (χ0) is 20.1. The minimum Gasteiger partial charge on any atom is -0.493 e. The molecule has 0 aliphatic carbocycles. The summed E-state index contributed by atoms with van der Waals surface area (Å²) < 4.78 is 16.3. The number of ether oxygens (including phenoxy) is 3. The highest BCUT2D eigenvalue weighted by Gasteiger charge is 2.17. The number of para-hydroxylation sites is 1. The van der Waals surface area contributed by atoms with E-state index in [4.69, 9.17) is 24.2 Å². The molecular formula is C22H24N4O3. The molecule has 2 heterocycles. The number of morpholine rings is 1. The maximum Gasteiger partial charge on any atom is 0.228 e. The molecule has 0 bridgehead atoms. The summed E-state index contributed by atoms with van der Waals surface area (Å²) in [5.74, 6) is 2.76. The van der Waals surface area contributed by atoms with Gasteiger partial charge in [0.15, 0.2) is 11.5 Å². The molecule has 7 heteroatoms. The molecule has 0 saturated carbocycles. The number of hydrogen-bond acceptors (Lipinski definition) is 7. The molecular weight excluding hydrogens is 368 g/mol. The van der Waals surface area contributed by atoms with Crippen molar-refractivity contribution >= 4 is 17.5 Å². The Morgan fingerprint density at radius 3 is 2.38 bits per heavy atom. The number of aromatic nitrogens is 2. The van der Waals surface area contributed by atoms with E-state index in [2.05, 4.69) is 10.2 Å². The predicted molar refractivity (Wildman–Crippen MR) is 113 cm³/mol. The summed E-state index contributed by atoms with van der Waals surface area (Å²) in [6.45, 7) is 2.87. The number of benzene rings is 2. The molecule has 1 aromatic heterocycles. The summed E-state index contributed by atoms with van der Waals surface area (Å²) in [5, 5.41) is 3.38. The van der Waals surface area contributed by atoms with E-state index >= 15 is 0 Å². The smallest absolute Gasteiger partial charge is 0.228 e. The standard InChI is InChI=1S/C22H24N4O3/c1-27-19-9-8-16(14-20(19)28-2)18-15-21(23-17-6-4-3-5-7-17)25-22(24-18)26-10-12-29-13-11-26/h3-9,14-15H,10-13H2,1-2H3,(H,23,24,25). The number of hydrogen-bond donors (Lipinski definition) is 1. The van der Waals surface area contributed by atoms with Gasteiger partial charge in [-0.25, -0.2) is 4.98 Å². The monoisotopic (exact) mass is 392 g/mol. The zero-order valence-electron chi connectivity index (χ0n) is 16.6. The molecule has 1 saturated heterocycles. The van der Waals surface area contributed by atoms with Crippen LogP contribution in [0.25, 0.3) is 11.3 Å². The van der Waals surface area contributed by atoms with Crippen LogP contribution in [0.15, 0.2) is 54.6 Å². The van der Waals surface area contributed by atoms with E-state index in [9.17, 15) is 0 Å². The van der Waals surface area contributed by atoms with Crippen LogP contribution in [-0.2, 0) is 4.74 Å². The Morgan fingerprint density at radius 2 is 1.66 bits per heavy atom. The van der Waals surface area contributed by atoms with Gasteiger partial charge in [-0.2, -0.15) is 4.98 Å². The van der Waals surface area contributed by atoms with Crippen molar-refractivity contribution in [1.82, 2.24) is 9.97 Å². The lowest BCUT2D eigenvalue weighted by Gasteiger charge is -2.27. The summed E-state index contributed by atoms with van der Waals surface area (Å²) in [6.07, 6.45) is 0. The van der Waals surface area contributed by atoms with Gasteiger partial charge in [-0.1, -0.05) is 18.2 Å². The maximum atomic E-state index is 5.47. The van der Waals surface area contributed by atoms with Crippen LogP contribution < -0.4 is 19.7 Å². The molecule has 3 aromatic rings. The Hall–Kier alpha value is -3.32. The van der Waals surface area contributed by atoms with Crippen LogP contribution in [0.1, 0.15) is 0 Å². The third kappa shape index (κ3) is 4.41. The molecule has 1 fully saturated rings. The lowest BCUT2D eigenvalue weighted by molar-refractivity contribution is 0.122. The molecule has 150 valence electrons. The molecule has 0 spiro atoms. The fourth-order valence-corrected chi connectivity index (χ4v) is 3.22. The van der Waals surface area contributed by atoms with Crippen LogP contribution in [0.2, 0.25) is 0 Å². The minimum absolute atomic E-state index is 0.661. The summed E-state index contributed by atoms with van der Waals surface area (Å²) in [7, 11) is 3.25. The molecule has 0 unspecified atom stereocenters. The molecule has 0 radical (unpaired) electrons. The highest BCUT2D eigenvalue weighted by atomic mass is 16.5. The van der Waals surface area contributed by atoms with Crippen LogP contribution in [0.4, 0.5) is 17.5 Å². The van der Waals surface area contributed by atoms with Crippen LogP contribution in [0.3, 0.4) is 0 Å². The zero-order valence-corrected chi connectivity index (χ0v) is 16.6. The number of nitrogens with one attached hydrogen (secondary N) is 1. The van der Waals surface area contributed by atoms with Gasteiger partial charge in [-0.05, 0) is 30.3 Å². The summed E-state index contributed by atoms with van der Waals surface area (Å²) in [4.78, 5) is 11.7. The first-order valence-corrected chi connectivity index (χ1v) is 9.53. The van der Waals surface area contributed by atoms with Gasteiger partial charge in [-0.15, -0.1) is 0 Å². The number of nitrogens with zero attached hydrogens (tertiary/aromatic N) is 3. The summed E-state index contributed by atoms with van der Waals surface area (Å²) >= 11 is 0. The predicted octanol–water partition coefficient (Wildman–Crippen LogP) is 3.74. The highest BCUT2D eigenvalue weighted by Crippen LogP contribution is 2.33. The third-order valence-corrected chi connectivity index (χ3v) is 4.73. The van der Waals surface area contributed by atoms with Crippen molar-refractivity contribution in [3.8, 4) is 22.8 Å². The van der Waals surface area contributed by atoms with Crippen LogP contribution in [-0.4, -0.2) is 50.5 Å². The molecule has 1 aliphatic rings. The molecule has 0 atom stereocenters. The van der Waals surface area contributed by atoms with Crippen molar-refractivity contribution in [2.45, 2.75) is 0 Å². The van der Waals surface area contributed by atoms with Gasteiger partial charge in [0, 0.05) is 30.4 Å². The average Bonchev–Trinajstić information content (AvgIpc) is 2.79. The Balaban J connectivity index is 1.74. The fourth-order valence-electron chi connectivity index (χ4n) is 3.22. The van der Waals surface area contributed by atoms with Gasteiger partial charge in [0.2, 0.25) is 5.95 Å². The van der Waals surface area contributed by atoms with Crippen molar-refractivity contribution in [2.75, 3.05) is 50.7 Å². The SMILES string of the molecule is COc1ccc(-c2cc(Nc3ccccc3)nc(N3CCOCC3)n2)cc1OC. The normalized spacial score (nSPS) is 13.8. The summed E-state index contributed by atoms with van der Waals surface area (Å²) in [6, 6.07) is 17.7. The fraction of sp³-hybridized carbons (Fsp3) is 0.273. The largest absolute Gasteiger partial charge is 0.493 e. The van der Waals surface area contributed by atoms with Crippen LogP contribution >= 0.6 is 0 Å². The third-order valence-electron chi connectivity index (χ3n) is 4.73. The van der Waals surface area contributed by atoms with E-state index in [1.54, 1.807) is 14.2 Å². The topological polar surface area (TPSA) is 68.7 Å². The van der Waals surface area contributed by atoms with Crippen molar-refractivity contribution in [2.24, 2.45) is 0 Å². The van der Waals surface area contributed by atoms with Crippen molar-refractivity contribution < 1.29 is 14.2 Å². The number of methoxy groups -OCH3 is 2. The van der Waals surface area contributed by atoms with Crippen LogP contribution in [0.5, 0.6) is 11.5 Å². The second-order valence-electron chi connectivity index (χ2n) is 6.60. The van der Waals surface area contributed by atoms with Gasteiger partial charge in [0.25, 0.3) is 0 Å². The maximum absolute atomic E-state index is 5.47. The molecule has 0 amide bonds. The molecule has 29 heavy (non-hydrogen) atoms.